The van der Waals surface area contributed by atoms with Crippen molar-refractivity contribution in [3.8, 4) is 0 Å². The fourth-order valence-electron chi connectivity index (χ4n) is 2.28. The van der Waals surface area contributed by atoms with Crippen molar-refractivity contribution >= 4 is 21.8 Å². The van der Waals surface area contributed by atoms with Gasteiger partial charge in [0.2, 0.25) is 0 Å². The number of aromatic amines is 1. The summed E-state index contributed by atoms with van der Waals surface area (Å²) in [4.78, 5) is 7.53. The Morgan fingerprint density at radius 2 is 2.00 bits per heavy atom. The molecule has 0 aliphatic carbocycles. The normalized spacial score (nSPS) is 11.3. The molecule has 0 unspecified atom stereocenters. The molecule has 0 aliphatic rings. The SMILES string of the molecule is Cc1cc(C)c2c(c1)[nH]c1cnccc12. The molecular formula is C13H12N2. The number of rotatable bonds is 0. The largest absolute Gasteiger partial charge is 0.353 e. The first-order valence-electron chi connectivity index (χ1n) is 5.08. The number of hydrogen-bond acceptors (Lipinski definition) is 1. The Kier molecular flexibility index (Phi) is 1.60. The number of fused-ring (bicyclic) bond motifs is 3. The Hall–Kier alpha value is -1.83. The van der Waals surface area contributed by atoms with Crippen LogP contribution >= 0.6 is 0 Å². The van der Waals surface area contributed by atoms with Gasteiger partial charge in [-0.25, -0.2) is 0 Å². The second kappa shape index (κ2) is 2.83. The van der Waals surface area contributed by atoms with Crippen LogP contribution in [-0.4, -0.2) is 9.97 Å². The molecule has 15 heavy (non-hydrogen) atoms. The molecule has 0 saturated carbocycles. The van der Waals surface area contributed by atoms with Crippen molar-refractivity contribution in [2.75, 3.05) is 0 Å². The minimum Gasteiger partial charge on any atom is -0.353 e. The molecule has 1 aromatic carbocycles. The van der Waals surface area contributed by atoms with Crippen molar-refractivity contribution in [1.82, 2.24) is 9.97 Å². The van der Waals surface area contributed by atoms with Crippen molar-refractivity contribution in [3.63, 3.8) is 0 Å². The number of H-pyrrole nitrogens is 1. The standard InChI is InChI=1S/C13H12N2/c1-8-5-9(2)13-10-3-4-14-7-12(10)15-11(13)6-8/h3-7,15H,1-2H3. The van der Waals surface area contributed by atoms with Crippen LogP contribution < -0.4 is 0 Å². The Morgan fingerprint density at radius 1 is 1.13 bits per heavy atom. The van der Waals surface area contributed by atoms with E-state index in [1.165, 1.54) is 27.4 Å². The lowest BCUT2D eigenvalue weighted by Crippen LogP contribution is -1.78. The van der Waals surface area contributed by atoms with Crippen LogP contribution in [0.3, 0.4) is 0 Å². The van der Waals surface area contributed by atoms with Crippen molar-refractivity contribution in [2.45, 2.75) is 13.8 Å². The van der Waals surface area contributed by atoms with Crippen LogP contribution in [0, 0.1) is 13.8 Å². The van der Waals surface area contributed by atoms with Gasteiger partial charge in [0.1, 0.15) is 0 Å². The van der Waals surface area contributed by atoms with Crippen molar-refractivity contribution in [2.24, 2.45) is 0 Å². The molecule has 1 N–H and O–H groups in total. The third-order valence-corrected chi connectivity index (χ3v) is 2.84. The number of aryl methyl sites for hydroxylation is 2. The summed E-state index contributed by atoms with van der Waals surface area (Å²) >= 11 is 0. The van der Waals surface area contributed by atoms with Gasteiger partial charge in [0.15, 0.2) is 0 Å². The molecule has 0 amide bonds. The highest BCUT2D eigenvalue weighted by molar-refractivity contribution is 6.08. The van der Waals surface area contributed by atoms with Gasteiger partial charge in [0.25, 0.3) is 0 Å². The average molecular weight is 196 g/mol. The first kappa shape index (κ1) is 8.48. The van der Waals surface area contributed by atoms with Gasteiger partial charge in [-0.05, 0) is 37.1 Å². The Bertz CT molecular complexity index is 650. The number of benzene rings is 1. The number of nitrogens with one attached hydrogen (secondary N) is 1. The summed E-state index contributed by atoms with van der Waals surface area (Å²) in [7, 11) is 0. The maximum absolute atomic E-state index is 4.13. The van der Waals surface area contributed by atoms with E-state index in [0.717, 1.165) is 5.52 Å². The molecule has 0 radical (unpaired) electrons. The highest BCUT2D eigenvalue weighted by Gasteiger charge is 2.06. The molecule has 2 aromatic heterocycles. The minimum atomic E-state index is 1.11. The van der Waals surface area contributed by atoms with Gasteiger partial charge in [0.05, 0.1) is 11.7 Å². The summed E-state index contributed by atoms with van der Waals surface area (Å²) in [5, 5.41) is 2.58. The maximum Gasteiger partial charge on any atom is 0.0651 e. The van der Waals surface area contributed by atoms with E-state index in [1.54, 1.807) is 0 Å². The van der Waals surface area contributed by atoms with Crippen LogP contribution in [0.2, 0.25) is 0 Å². The molecule has 0 fully saturated rings. The predicted octanol–water partition coefficient (Wildman–Crippen LogP) is 3.33. The highest BCUT2D eigenvalue weighted by Crippen LogP contribution is 2.28. The van der Waals surface area contributed by atoms with E-state index in [4.69, 9.17) is 0 Å². The van der Waals surface area contributed by atoms with E-state index in [-0.39, 0.29) is 0 Å². The topological polar surface area (TPSA) is 28.7 Å². The van der Waals surface area contributed by atoms with E-state index < -0.39 is 0 Å². The zero-order valence-corrected chi connectivity index (χ0v) is 8.83. The van der Waals surface area contributed by atoms with Gasteiger partial charge in [-0.15, -0.1) is 0 Å². The van der Waals surface area contributed by atoms with E-state index >= 15 is 0 Å². The maximum atomic E-state index is 4.13. The quantitative estimate of drug-likeness (QED) is 0.587. The second-order valence-corrected chi connectivity index (χ2v) is 4.05. The zero-order valence-electron chi connectivity index (χ0n) is 8.83. The van der Waals surface area contributed by atoms with Crippen molar-refractivity contribution in [1.29, 1.82) is 0 Å². The fourth-order valence-corrected chi connectivity index (χ4v) is 2.28. The Labute approximate surface area is 88.0 Å². The van der Waals surface area contributed by atoms with E-state index in [0.29, 0.717) is 0 Å². The summed E-state index contributed by atoms with van der Waals surface area (Å²) in [6, 6.07) is 6.47. The summed E-state index contributed by atoms with van der Waals surface area (Å²) < 4.78 is 0. The molecule has 0 aliphatic heterocycles. The summed E-state index contributed by atoms with van der Waals surface area (Å²) in [6.07, 6.45) is 3.72. The molecule has 0 spiro atoms. The van der Waals surface area contributed by atoms with Crippen LogP contribution in [0.1, 0.15) is 11.1 Å². The highest BCUT2D eigenvalue weighted by atomic mass is 14.7. The number of pyridine rings is 1. The van der Waals surface area contributed by atoms with E-state index in [2.05, 4.69) is 42.0 Å². The molecule has 2 heteroatoms. The monoisotopic (exact) mass is 196 g/mol. The molecule has 3 rings (SSSR count). The molecule has 2 heterocycles. The molecule has 0 bridgehead atoms. The first-order chi connectivity index (χ1) is 7.25. The minimum absolute atomic E-state index is 1.11. The van der Waals surface area contributed by atoms with E-state index in [1.807, 2.05) is 12.4 Å². The lowest BCUT2D eigenvalue weighted by Gasteiger charge is -1.99. The first-order valence-corrected chi connectivity index (χ1v) is 5.08. The molecule has 3 aromatic rings. The predicted molar refractivity (Wildman–Crippen MR) is 63.1 cm³/mol. The average Bonchev–Trinajstić information content (AvgIpc) is 2.54. The summed E-state index contributed by atoms with van der Waals surface area (Å²) in [6.45, 7) is 4.28. The third kappa shape index (κ3) is 1.14. The lowest BCUT2D eigenvalue weighted by molar-refractivity contribution is 1.35. The van der Waals surface area contributed by atoms with Crippen LogP contribution in [0.4, 0.5) is 0 Å². The third-order valence-electron chi connectivity index (χ3n) is 2.84. The van der Waals surface area contributed by atoms with Crippen molar-refractivity contribution in [3.05, 3.63) is 41.7 Å². The summed E-state index contributed by atoms with van der Waals surface area (Å²) in [5.41, 5.74) is 4.93. The molecule has 0 saturated heterocycles. The second-order valence-electron chi connectivity index (χ2n) is 4.05. The fraction of sp³-hybridized carbons (Fsp3) is 0.154. The van der Waals surface area contributed by atoms with Crippen molar-refractivity contribution < 1.29 is 0 Å². The molecule has 74 valence electrons. The Balaban J connectivity index is 2.61. The number of hydrogen-bond donors (Lipinski definition) is 1. The van der Waals surface area contributed by atoms with Gasteiger partial charge in [0, 0.05) is 22.5 Å². The van der Waals surface area contributed by atoms with Gasteiger partial charge >= 0.3 is 0 Å². The molecule has 2 nitrogen and oxygen atoms in total. The number of aromatic nitrogens is 2. The van der Waals surface area contributed by atoms with Crippen LogP contribution in [0.5, 0.6) is 0 Å². The van der Waals surface area contributed by atoms with Gasteiger partial charge in [-0.1, -0.05) is 6.07 Å². The van der Waals surface area contributed by atoms with Crippen LogP contribution in [0.15, 0.2) is 30.6 Å². The van der Waals surface area contributed by atoms with Gasteiger partial charge in [-0.2, -0.15) is 0 Å². The molecule has 0 atom stereocenters. The summed E-state index contributed by atoms with van der Waals surface area (Å²) in [5.74, 6) is 0. The number of nitrogens with zero attached hydrogens (tertiary/aromatic N) is 1. The smallest absolute Gasteiger partial charge is 0.0651 e. The van der Waals surface area contributed by atoms with Crippen LogP contribution in [0.25, 0.3) is 21.8 Å². The zero-order chi connectivity index (χ0) is 10.4. The Morgan fingerprint density at radius 3 is 2.87 bits per heavy atom. The lowest BCUT2D eigenvalue weighted by atomic mass is 10.1. The van der Waals surface area contributed by atoms with Gasteiger partial charge < -0.3 is 4.98 Å². The van der Waals surface area contributed by atoms with Crippen LogP contribution in [-0.2, 0) is 0 Å². The van der Waals surface area contributed by atoms with Gasteiger partial charge in [-0.3, -0.25) is 4.98 Å². The van der Waals surface area contributed by atoms with E-state index in [9.17, 15) is 0 Å². The molecular weight excluding hydrogens is 184 g/mol.